The highest BCUT2D eigenvalue weighted by molar-refractivity contribution is 7.16. The molecule has 4 heterocycles. The standard InChI is InChI=1S/C17H19ClN4O2S/c1-9-5-17(15-10(2-3-24-17)4-14(18)25-15)6-11(22-9)12-7-21-13(8-20-12)16(19)23/h4,7-9,11,22H,2-3,5-6H2,1H3,(H2,19,23)/t9-,11-,17-/m0/s1. The quantitative estimate of drug-likeness (QED) is 0.838. The lowest BCUT2D eigenvalue weighted by atomic mass is 9.79. The lowest BCUT2D eigenvalue weighted by molar-refractivity contribution is -0.0958. The third-order valence-electron chi connectivity index (χ3n) is 4.88. The average Bonchev–Trinajstić information content (AvgIpc) is 2.96. The number of nitrogens with two attached hydrogens (primary N) is 1. The van der Waals surface area contributed by atoms with Gasteiger partial charge >= 0.3 is 0 Å². The van der Waals surface area contributed by atoms with Crippen LogP contribution in [0.25, 0.3) is 0 Å². The summed E-state index contributed by atoms with van der Waals surface area (Å²) in [5.74, 6) is -0.575. The number of carbonyl (C=O) groups excluding carboxylic acids is 1. The van der Waals surface area contributed by atoms with E-state index in [-0.39, 0.29) is 23.4 Å². The van der Waals surface area contributed by atoms with Crippen LogP contribution >= 0.6 is 22.9 Å². The Hall–Kier alpha value is -1.54. The molecular formula is C17H19ClN4O2S. The van der Waals surface area contributed by atoms with Crippen molar-refractivity contribution in [2.24, 2.45) is 5.73 Å². The summed E-state index contributed by atoms with van der Waals surface area (Å²) in [6.07, 6.45) is 5.60. The third-order valence-corrected chi connectivity index (χ3v) is 6.37. The number of hydrogen-bond donors (Lipinski definition) is 2. The van der Waals surface area contributed by atoms with Crippen LogP contribution in [0, 0.1) is 0 Å². The molecule has 0 radical (unpaired) electrons. The van der Waals surface area contributed by atoms with E-state index in [1.807, 2.05) is 0 Å². The number of nitrogens with one attached hydrogen (secondary N) is 1. The fourth-order valence-electron chi connectivity index (χ4n) is 3.90. The van der Waals surface area contributed by atoms with E-state index < -0.39 is 5.91 Å². The van der Waals surface area contributed by atoms with Gasteiger partial charge in [-0.2, -0.15) is 0 Å². The fraction of sp³-hybridized carbons (Fsp3) is 0.471. The van der Waals surface area contributed by atoms with Crippen LogP contribution in [-0.2, 0) is 16.8 Å². The number of hydrogen-bond acceptors (Lipinski definition) is 6. The fourth-order valence-corrected chi connectivity index (χ4v) is 5.36. The third kappa shape index (κ3) is 3.06. The number of piperidine rings is 1. The predicted molar refractivity (Wildman–Crippen MR) is 95.8 cm³/mol. The van der Waals surface area contributed by atoms with E-state index in [2.05, 4.69) is 28.3 Å². The molecule has 132 valence electrons. The first-order valence-electron chi connectivity index (χ1n) is 8.27. The smallest absolute Gasteiger partial charge is 0.268 e. The summed E-state index contributed by atoms with van der Waals surface area (Å²) in [6, 6.07) is 2.31. The lowest BCUT2D eigenvalue weighted by Crippen LogP contribution is -2.49. The van der Waals surface area contributed by atoms with Crippen molar-refractivity contribution in [1.82, 2.24) is 15.3 Å². The molecule has 2 aliphatic rings. The molecule has 0 saturated carbocycles. The summed E-state index contributed by atoms with van der Waals surface area (Å²) in [4.78, 5) is 21.0. The molecule has 8 heteroatoms. The Kier molecular flexibility index (Phi) is 4.27. The molecular weight excluding hydrogens is 360 g/mol. The lowest BCUT2D eigenvalue weighted by Gasteiger charge is -2.45. The summed E-state index contributed by atoms with van der Waals surface area (Å²) in [7, 11) is 0. The normalized spacial score (nSPS) is 28.7. The number of thiophene rings is 1. The highest BCUT2D eigenvalue weighted by atomic mass is 35.5. The van der Waals surface area contributed by atoms with Gasteiger partial charge in [-0.25, -0.2) is 4.98 Å². The van der Waals surface area contributed by atoms with Gasteiger partial charge in [-0.15, -0.1) is 11.3 Å². The van der Waals surface area contributed by atoms with Crippen molar-refractivity contribution in [2.45, 2.75) is 43.9 Å². The molecule has 1 fully saturated rings. The maximum absolute atomic E-state index is 11.2. The number of primary amides is 1. The van der Waals surface area contributed by atoms with Crippen molar-refractivity contribution < 1.29 is 9.53 Å². The molecule has 3 N–H and O–H groups in total. The minimum absolute atomic E-state index is 0.00926. The molecule has 4 rings (SSSR count). The Morgan fingerprint density at radius 2 is 2.28 bits per heavy atom. The molecule has 0 aliphatic carbocycles. The van der Waals surface area contributed by atoms with Crippen molar-refractivity contribution in [3.63, 3.8) is 0 Å². The van der Waals surface area contributed by atoms with E-state index in [9.17, 15) is 4.79 Å². The van der Waals surface area contributed by atoms with E-state index >= 15 is 0 Å². The van der Waals surface area contributed by atoms with Crippen LogP contribution in [0.2, 0.25) is 4.34 Å². The molecule has 6 nitrogen and oxygen atoms in total. The van der Waals surface area contributed by atoms with Gasteiger partial charge in [0, 0.05) is 17.3 Å². The van der Waals surface area contributed by atoms with E-state index in [0.717, 1.165) is 29.3 Å². The molecule has 25 heavy (non-hydrogen) atoms. The molecule has 3 atom stereocenters. The number of carbonyl (C=O) groups is 1. The van der Waals surface area contributed by atoms with Crippen molar-refractivity contribution in [1.29, 1.82) is 0 Å². The Morgan fingerprint density at radius 3 is 3.00 bits per heavy atom. The van der Waals surface area contributed by atoms with Crippen LogP contribution in [0.4, 0.5) is 0 Å². The van der Waals surface area contributed by atoms with Gasteiger partial charge in [0.05, 0.1) is 35.1 Å². The zero-order chi connectivity index (χ0) is 17.6. The first-order valence-corrected chi connectivity index (χ1v) is 9.47. The molecule has 0 aromatic carbocycles. The van der Waals surface area contributed by atoms with Crippen LogP contribution in [0.15, 0.2) is 18.5 Å². The van der Waals surface area contributed by atoms with Gasteiger partial charge in [0.15, 0.2) is 0 Å². The molecule has 2 aromatic heterocycles. The number of nitrogens with zero attached hydrogens (tertiary/aromatic N) is 2. The van der Waals surface area contributed by atoms with Gasteiger partial charge in [-0.3, -0.25) is 9.78 Å². The number of amides is 1. The van der Waals surface area contributed by atoms with Crippen molar-refractivity contribution in [2.75, 3.05) is 6.61 Å². The summed E-state index contributed by atoms with van der Waals surface area (Å²) < 4.78 is 7.13. The molecule has 1 spiro atoms. The monoisotopic (exact) mass is 378 g/mol. The van der Waals surface area contributed by atoms with E-state index in [1.54, 1.807) is 17.5 Å². The first-order chi connectivity index (χ1) is 12.0. The molecule has 1 amide bonds. The Morgan fingerprint density at radius 1 is 1.44 bits per heavy atom. The summed E-state index contributed by atoms with van der Waals surface area (Å²) in [6.45, 7) is 2.85. The second-order valence-corrected chi connectivity index (χ2v) is 8.40. The molecule has 2 aliphatic heterocycles. The van der Waals surface area contributed by atoms with Gasteiger partial charge in [-0.1, -0.05) is 11.6 Å². The number of ether oxygens (including phenoxy) is 1. The molecule has 0 unspecified atom stereocenters. The van der Waals surface area contributed by atoms with Crippen LogP contribution in [0.5, 0.6) is 0 Å². The molecule has 2 aromatic rings. The Balaban J connectivity index is 1.67. The second-order valence-electron chi connectivity index (χ2n) is 6.72. The Bertz CT molecular complexity index is 809. The number of rotatable bonds is 2. The average molecular weight is 379 g/mol. The van der Waals surface area contributed by atoms with E-state index in [4.69, 9.17) is 22.1 Å². The zero-order valence-electron chi connectivity index (χ0n) is 13.8. The maximum atomic E-state index is 11.2. The van der Waals surface area contributed by atoms with Crippen molar-refractivity contribution >= 4 is 28.8 Å². The number of fused-ring (bicyclic) bond motifs is 2. The van der Waals surface area contributed by atoms with Crippen LogP contribution < -0.4 is 11.1 Å². The summed E-state index contributed by atoms with van der Waals surface area (Å²) in [5.41, 5.74) is 7.15. The van der Waals surface area contributed by atoms with Crippen molar-refractivity contribution in [3.05, 3.63) is 44.6 Å². The zero-order valence-corrected chi connectivity index (χ0v) is 15.4. The van der Waals surface area contributed by atoms with Gasteiger partial charge in [0.1, 0.15) is 11.3 Å². The van der Waals surface area contributed by atoms with E-state index in [1.165, 1.54) is 16.6 Å². The highest BCUT2D eigenvalue weighted by Crippen LogP contribution is 2.49. The largest absolute Gasteiger partial charge is 0.369 e. The summed E-state index contributed by atoms with van der Waals surface area (Å²) >= 11 is 7.89. The number of aromatic nitrogens is 2. The van der Waals surface area contributed by atoms with E-state index in [0.29, 0.717) is 6.61 Å². The summed E-state index contributed by atoms with van der Waals surface area (Å²) in [5, 5.41) is 3.56. The minimum Gasteiger partial charge on any atom is -0.369 e. The first kappa shape index (κ1) is 16.9. The van der Waals surface area contributed by atoms with Crippen LogP contribution in [0.1, 0.15) is 52.4 Å². The SMILES string of the molecule is C[C@H]1C[C@@]2(C[C@@H](c3cnc(C(N)=O)cn3)N1)OCCc1cc(Cl)sc12. The van der Waals surface area contributed by atoms with Gasteiger partial charge in [-0.05, 0) is 31.4 Å². The van der Waals surface area contributed by atoms with Crippen molar-refractivity contribution in [3.8, 4) is 0 Å². The van der Waals surface area contributed by atoms with Gasteiger partial charge in [0.2, 0.25) is 0 Å². The second kappa shape index (κ2) is 6.32. The predicted octanol–water partition coefficient (Wildman–Crippen LogP) is 2.57. The maximum Gasteiger partial charge on any atom is 0.268 e. The Labute approximate surface area is 154 Å². The van der Waals surface area contributed by atoms with Gasteiger partial charge < -0.3 is 15.8 Å². The molecule has 1 saturated heterocycles. The highest BCUT2D eigenvalue weighted by Gasteiger charge is 2.46. The molecule has 0 bridgehead atoms. The minimum atomic E-state index is -0.575. The van der Waals surface area contributed by atoms with Crippen LogP contribution in [-0.4, -0.2) is 28.5 Å². The number of halogens is 1. The topological polar surface area (TPSA) is 90.1 Å². The van der Waals surface area contributed by atoms with Gasteiger partial charge in [0.25, 0.3) is 5.91 Å². The van der Waals surface area contributed by atoms with Crippen LogP contribution in [0.3, 0.4) is 0 Å².